The fraction of sp³-hybridized carbons (Fsp3) is 1.00. The van der Waals surface area contributed by atoms with Crippen molar-refractivity contribution in [2.24, 2.45) is 5.92 Å². The largest absolute Gasteiger partial charge is 0.303 e. The zero-order chi connectivity index (χ0) is 9.80. The van der Waals surface area contributed by atoms with Gasteiger partial charge < -0.3 is 4.90 Å². The Morgan fingerprint density at radius 3 is 2.29 bits per heavy atom. The van der Waals surface area contributed by atoms with E-state index in [1.807, 2.05) is 0 Å². The molecule has 0 aromatic carbocycles. The molecule has 2 rings (SSSR count). The van der Waals surface area contributed by atoms with Gasteiger partial charge in [0.1, 0.15) is 0 Å². The summed E-state index contributed by atoms with van der Waals surface area (Å²) in [4.78, 5) is 2.64. The molecule has 1 heteroatoms. The van der Waals surface area contributed by atoms with E-state index in [0.29, 0.717) is 0 Å². The number of likely N-dealkylation sites (tertiary alicyclic amines) is 1. The standard InChI is InChI=1S/C13H25N/c1-14-11-7-9-12-8-5-3-2-4-6-10-13(12)14/h12-13H,2-11H2,1H3. The molecule has 2 fully saturated rings. The molecule has 1 aliphatic heterocycles. The van der Waals surface area contributed by atoms with Crippen LogP contribution in [0.3, 0.4) is 0 Å². The molecular weight excluding hydrogens is 170 g/mol. The van der Waals surface area contributed by atoms with Crippen molar-refractivity contribution < 1.29 is 0 Å². The van der Waals surface area contributed by atoms with E-state index in [1.54, 1.807) is 0 Å². The summed E-state index contributed by atoms with van der Waals surface area (Å²) in [5, 5.41) is 0. The van der Waals surface area contributed by atoms with Gasteiger partial charge in [-0.25, -0.2) is 0 Å². The van der Waals surface area contributed by atoms with Crippen molar-refractivity contribution in [2.75, 3.05) is 13.6 Å². The van der Waals surface area contributed by atoms with Gasteiger partial charge in [0, 0.05) is 6.04 Å². The fourth-order valence-corrected chi connectivity index (χ4v) is 3.40. The monoisotopic (exact) mass is 195 g/mol. The summed E-state index contributed by atoms with van der Waals surface area (Å²) in [5.41, 5.74) is 0. The highest BCUT2D eigenvalue weighted by Gasteiger charge is 2.28. The zero-order valence-electron chi connectivity index (χ0n) is 9.67. The minimum absolute atomic E-state index is 0.932. The van der Waals surface area contributed by atoms with Gasteiger partial charge in [0.25, 0.3) is 0 Å². The third kappa shape index (κ3) is 2.50. The molecule has 0 amide bonds. The maximum absolute atomic E-state index is 2.64. The average molecular weight is 195 g/mol. The Bertz CT molecular complexity index is 167. The Morgan fingerprint density at radius 2 is 1.43 bits per heavy atom. The summed E-state index contributed by atoms with van der Waals surface area (Å²) in [5.74, 6) is 1.03. The van der Waals surface area contributed by atoms with Crippen molar-refractivity contribution in [3.8, 4) is 0 Å². The highest BCUT2D eigenvalue weighted by Crippen LogP contribution is 2.31. The summed E-state index contributed by atoms with van der Waals surface area (Å²) in [7, 11) is 2.34. The van der Waals surface area contributed by atoms with Crippen LogP contribution in [0.5, 0.6) is 0 Å². The van der Waals surface area contributed by atoms with Gasteiger partial charge in [0.05, 0.1) is 0 Å². The van der Waals surface area contributed by atoms with Gasteiger partial charge >= 0.3 is 0 Å². The normalized spacial score (nSPS) is 36.6. The molecule has 0 aromatic rings. The minimum Gasteiger partial charge on any atom is -0.303 e. The molecular formula is C13H25N. The third-order valence-electron chi connectivity index (χ3n) is 4.27. The van der Waals surface area contributed by atoms with Gasteiger partial charge in [-0.05, 0) is 45.2 Å². The third-order valence-corrected chi connectivity index (χ3v) is 4.27. The number of fused-ring (bicyclic) bond motifs is 1. The number of nitrogens with zero attached hydrogens (tertiary/aromatic N) is 1. The number of hydrogen-bond acceptors (Lipinski definition) is 1. The Labute approximate surface area is 88.9 Å². The van der Waals surface area contributed by atoms with Crippen LogP contribution < -0.4 is 0 Å². The second kappa shape index (κ2) is 5.16. The molecule has 1 nitrogen and oxygen atoms in total. The van der Waals surface area contributed by atoms with Crippen molar-refractivity contribution in [1.29, 1.82) is 0 Å². The molecule has 82 valence electrons. The first-order valence-corrected chi connectivity index (χ1v) is 6.58. The summed E-state index contributed by atoms with van der Waals surface area (Å²) in [6.07, 6.45) is 13.4. The van der Waals surface area contributed by atoms with Crippen molar-refractivity contribution in [3.05, 3.63) is 0 Å². The lowest BCUT2D eigenvalue weighted by atomic mass is 9.84. The van der Waals surface area contributed by atoms with Gasteiger partial charge in [0.15, 0.2) is 0 Å². The first kappa shape index (κ1) is 10.5. The molecule has 1 saturated carbocycles. The van der Waals surface area contributed by atoms with Crippen LogP contribution >= 0.6 is 0 Å². The molecule has 0 spiro atoms. The van der Waals surface area contributed by atoms with Crippen molar-refractivity contribution >= 4 is 0 Å². The van der Waals surface area contributed by atoms with Crippen molar-refractivity contribution in [2.45, 2.75) is 63.8 Å². The van der Waals surface area contributed by atoms with Crippen LogP contribution in [0.25, 0.3) is 0 Å². The smallest absolute Gasteiger partial charge is 0.0120 e. The Hall–Kier alpha value is -0.0400. The Morgan fingerprint density at radius 1 is 0.786 bits per heavy atom. The lowest BCUT2D eigenvalue weighted by molar-refractivity contribution is 0.106. The summed E-state index contributed by atoms with van der Waals surface area (Å²) in [6.45, 7) is 1.35. The molecule has 1 heterocycles. The van der Waals surface area contributed by atoms with E-state index in [4.69, 9.17) is 0 Å². The van der Waals surface area contributed by atoms with E-state index in [0.717, 1.165) is 12.0 Å². The molecule has 2 atom stereocenters. The molecule has 1 aliphatic carbocycles. The molecule has 14 heavy (non-hydrogen) atoms. The second-order valence-corrected chi connectivity index (χ2v) is 5.30. The molecule has 1 saturated heterocycles. The SMILES string of the molecule is CN1CCCC2CCCCCCCC21. The molecule has 0 bridgehead atoms. The van der Waals surface area contributed by atoms with Crippen LogP contribution in [0.4, 0.5) is 0 Å². The quantitative estimate of drug-likeness (QED) is 0.572. The fourth-order valence-electron chi connectivity index (χ4n) is 3.40. The lowest BCUT2D eigenvalue weighted by Gasteiger charge is -2.39. The predicted molar refractivity (Wildman–Crippen MR) is 61.5 cm³/mol. The minimum atomic E-state index is 0.932. The average Bonchev–Trinajstić information content (AvgIpc) is 2.30. The first-order chi connectivity index (χ1) is 6.88. The van der Waals surface area contributed by atoms with E-state index >= 15 is 0 Å². The van der Waals surface area contributed by atoms with Gasteiger partial charge in [-0.3, -0.25) is 0 Å². The molecule has 0 radical (unpaired) electrons. The van der Waals surface area contributed by atoms with Crippen LogP contribution in [0.1, 0.15) is 57.8 Å². The topological polar surface area (TPSA) is 3.24 Å². The highest BCUT2D eigenvalue weighted by molar-refractivity contribution is 4.83. The summed E-state index contributed by atoms with van der Waals surface area (Å²) < 4.78 is 0. The van der Waals surface area contributed by atoms with Crippen LogP contribution in [-0.2, 0) is 0 Å². The summed E-state index contributed by atoms with van der Waals surface area (Å²) >= 11 is 0. The number of hydrogen-bond donors (Lipinski definition) is 0. The first-order valence-electron chi connectivity index (χ1n) is 6.58. The van der Waals surface area contributed by atoms with Crippen LogP contribution in [0.2, 0.25) is 0 Å². The highest BCUT2D eigenvalue weighted by atomic mass is 15.1. The Kier molecular flexibility index (Phi) is 3.86. The van der Waals surface area contributed by atoms with Gasteiger partial charge in [-0.1, -0.05) is 32.1 Å². The number of rotatable bonds is 0. The molecule has 2 aliphatic rings. The van der Waals surface area contributed by atoms with Crippen molar-refractivity contribution in [3.63, 3.8) is 0 Å². The molecule has 0 aromatic heterocycles. The molecule has 0 N–H and O–H groups in total. The number of piperidine rings is 1. The van der Waals surface area contributed by atoms with Crippen molar-refractivity contribution in [1.82, 2.24) is 4.90 Å². The summed E-state index contributed by atoms with van der Waals surface area (Å²) in [6, 6.07) is 0.932. The van der Waals surface area contributed by atoms with Gasteiger partial charge in [-0.2, -0.15) is 0 Å². The van der Waals surface area contributed by atoms with E-state index < -0.39 is 0 Å². The van der Waals surface area contributed by atoms with E-state index in [1.165, 1.54) is 64.3 Å². The maximum atomic E-state index is 2.64. The van der Waals surface area contributed by atoms with E-state index in [-0.39, 0.29) is 0 Å². The second-order valence-electron chi connectivity index (χ2n) is 5.30. The van der Waals surface area contributed by atoms with Gasteiger partial charge in [0.2, 0.25) is 0 Å². The van der Waals surface area contributed by atoms with Crippen LogP contribution in [0, 0.1) is 5.92 Å². The van der Waals surface area contributed by atoms with Gasteiger partial charge in [-0.15, -0.1) is 0 Å². The zero-order valence-corrected chi connectivity index (χ0v) is 9.67. The van der Waals surface area contributed by atoms with Crippen LogP contribution in [-0.4, -0.2) is 24.5 Å². The predicted octanol–water partition coefficient (Wildman–Crippen LogP) is 3.44. The van der Waals surface area contributed by atoms with Crippen LogP contribution in [0.15, 0.2) is 0 Å². The van der Waals surface area contributed by atoms with E-state index in [9.17, 15) is 0 Å². The maximum Gasteiger partial charge on any atom is 0.0120 e. The van der Waals surface area contributed by atoms with E-state index in [2.05, 4.69) is 11.9 Å². The molecule has 2 unspecified atom stereocenters. The Balaban J connectivity index is 1.95. The lowest BCUT2D eigenvalue weighted by Crippen LogP contribution is -2.42.